The van der Waals surface area contributed by atoms with Crippen LogP contribution in [0.25, 0.3) is 11.0 Å². The van der Waals surface area contributed by atoms with Gasteiger partial charge in [-0.2, -0.15) is 11.8 Å². The highest BCUT2D eigenvalue weighted by molar-refractivity contribution is 7.99. The van der Waals surface area contributed by atoms with Gasteiger partial charge in [-0.3, -0.25) is 0 Å². The summed E-state index contributed by atoms with van der Waals surface area (Å²) >= 11 is 8.43. The third kappa shape index (κ3) is 2.83. The molecule has 21 heavy (non-hydrogen) atoms. The number of hydrogen-bond donors (Lipinski definition) is 0. The first kappa shape index (κ1) is 15.2. The molecule has 0 amide bonds. The van der Waals surface area contributed by atoms with E-state index in [9.17, 15) is 0 Å². The molecule has 0 aliphatic heterocycles. The minimum absolute atomic E-state index is 0.0536. The Labute approximate surface area is 136 Å². The van der Waals surface area contributed by atoms with E-state index in [-0.39, 0.29) is 5.38 Å². The average Bonchev–Trinajstić information content (AvgIpc) is 2.85. The maximum absolute atomic E-state index is 6.44. The monoisotopic (exact) mass is 322 g/mol. The first-order valence-electron chi connectivity index (χ1n) is 7.77. The number of alkyl halides is 1. The van der Waals surface area contributed by atoms with Crippen molar-refractivity contribution in [3.63, 3.8) is 0 Å². The fourth-order valence-corrected chi connectivity index (χ4v) is 4.63. The van der Waals surface area contributed by atoms with Crippen molar-refractivity contribution in [2.45, 2.75) is 56.2 Å². The summed E-state index contributed by atoms with van der Waals surface area (Å²) in [7, 11) is 0. The molecular weight excluding hydrogens is 300 g/mol. The van der Waals surface area contributed by atoms with Crippen LogP contribution in [0.3, 0.4) is 0 Å². The van der Waals surface area contributed by atoms with Gasteiger partial charge in [0.05, 0.1) is 16.4 Å². The van der Waals surface area contributed by atoms with Gasteiger partial charge in [0, 0.05) is 11.3 Å². The predicted molar refractivity (Wildman–Crippen MR) is 93.5 cm³/mol. The Kier molecular flexibility index (Phi) is 4.51. The lowest BCUT2D eigenvalue weighted by atomic mass is 9.94. The van der Waals surface area contributed by atoms with E-state index in [0.717, 1.165) is 11.3 Å². The lowest BCUT2D eigenvalue weighted by Crippen LogP contribution is -2.26. The summed E-state index contributed by atoms with van der Waals surface area (Å²) in [5.74, 6) is 1.03. The molecule has 3 unspecified atom stereocenters. The normalized spacial score (nSPS) is 24.4. The van der Waals surface area contributed by atoms with Gasteiger partial charge < -0.3 is 4.57 Å². The second kappa shape index (κ2) is 6.21. The quantitative estimate of drug-likeness (QED) is 0.695. The van der Waals surface area contributed by atoms with Crippen LogP contribution in [0, 0.1) is 6.92 Å². The molecule has 0 saturated heterocycles. The number of hydrogen-bond acceptors (Lipinski definition) is 2. The van der Waals surface area contributed by atoms with Crippen molar-refractivity contribution in [3.8, 4) is 0 Å². The number of aryl methyl sites for hydroxylation is 1. The molecule has 0 spiro atoms. The van der Waals surface area contributed by atoms with Gasteiger partial charge in [-0.15, -0.1) is 11.6 Å². The molecule has 114 valence electrons. The van der Waals surface area contributed by atoms with E-state index in [4.69, 9.17) is 16.6 Å². The highest BCUT2D eigenvalue weighted by Crippen LogP contribution is 2.40. The number of benzene rings is 1. The summed E-state index contributed by atoms with van der Waals surface area (Å²) in [6, 6.07) is 7.05. The van der Waals surface area contributed by atoms with Crippen LogP contribution in [0.15, 0.2) is 18.2 Å². The second-order valence-electron chi connectivity index (χ2n) is 6.07. The third-order valence-corrected chi connectivity index (χ3v) is 5.88. The molecular formula is C17H23ClN2S. The smallest absolute Gasteiger partial charge is 0.128 e. The van der Waals surface area contributed by atoms with E-state index in [1.54, 1.807) is 0 Å². The molecule has 1 aromatic carbocycles. The predicted octanol–water partition coefficient (Wildman–Crippen LogP) is 5.49. The van der Waals surface area contributed by atoms with Gasteiger partial charge in [0.25, 0.3) is 0 Å². The fourth-order valence-electron chi connectivity index (χ4n) is 3.50. The molecule has 0 bridgehead atoms. The minimum atomic E-state index is -0.0536. The van der Waals surface area contributed by atoms with Crippen LogP contribution < -0.4 is 0 Å². The van der Waals surface area contributed by atoms with Gasteiger partial charge in [0.1, 0.15) is 5.82 Å². The van der Waals surface area contributed by atoms with Crippen LogP contribution in [0.4, 0.5) is 0 Å². The van der Waals surface area contributed by atoms with E-state index in [1.165, 1.54) is 36.8 Å². The second-order valence-corrected chi connectivity index (χ2v) is 7.81. The van der Waals surface area contributed by atoms with Crippen molar-refractivity contribution < 1.29 is 0 Å². The Morgan fingerprint density at radius 1 is 1.33 bits per heavy atom. The van der Waals surface area contributed by atoms with Crippen LogP contribution in [-0.2, 0) is 0 Å². The first-order valence-corrected chi connectivity index (χ1v) is 9.49. The summed E-state index contributed by atoms with van der Waals surface area (Å²) in [6.07, 6.45) is 7.43. The number of aromatic nitrogens is 2. The standard InChI is InChI=1S/C17H23ClN2S/c1-11-8-9-13-15(10-11)20(17(19-13)12(2)18)14-6-4-5-7-16(14)21-3/h8-10,12,14,16H,4-7H2,1-3H3. The lowest BCUT2D eigenvalue weighted by molar-refractivity contribution is 0.363. The van der Waals surface area contributed by atoms with E-state index in [1.807, 2.05) is 18.7 Å². The van der Waals surface area contributed by atoms with Gasteiger partial charge >= 0.3 is 0 Å². The van der Waals surface area contributed by atoms with E-state index in [2.05, 4.69) is 35.9 Å². The van der Waals surface area contributed by atoms with Crippen molar-refractivity contribution in [2.75, 3.05) is 6.26 Å². The fraction of sp³-hybridized carbons (Fsp3) is 0.588. The van der Waals surface area contributed by atoms with Gasteiger partial charge in [-0.05, 0) is 50.6 Å². The van der Waals surface area contributed by atoms with E-state index >= 15 is 0 Å². The maximum atomic E-state index is 6.44. The van der Waals surface area contributed by atoms with E-state index in [0.29, 0.717) is 11.3 Å². The first-order chi connectivity index (χ1) is 10.1. The Bertz CT molecular complexity index is 635. The van der Waals surface area contributed by atoms with Crippen LogP contribution in [0.2, 0.25) is 0 Å². The third-order valence-electron chi connectivity index (χ3n) is 4.53. The topological polar surface area (TPSA) is 17.8 Å². The summed E-state index contributed by atoms with van der Waals surface area (Å²) in [6.45, 7) is 4.18. The Balaban J connectivity index is 2.18. The number of thioether (sulfide) groups is 1. The number of imidazole rings is 1. The number of fused-ring (bicyclic) bond motifs is 1. The molecule has 1 fully saturated rings. The van der Waals surface area contributed by atoms with Crippen molar-refractivity contribution in [3.05, 3.63) is 29.6 Å². The SMILES string of the molecule is CSC1CCCCC1n1c(C(C)Cl)nc2ccc(C)cc21. The zero-order chi connectivity index (χ0) is 15.0. The molecule has 2 aromatic rings. The highest BCUT2D eigenvalue weighted by atomic mass is 35.5. The maximum Gasteiger partial charge on any atom is 0.128 e. The number of halogens is 1. The van der Waals surface area contributed by atoms with Crippen molar-refractivity contribution in [1.82, 2.24) is 9.55 Å². The van der Waals surface area contributed by atoms with Crippen molar-refractivity contribution >= 4 is 34.4 Å². The van der Waals surface area contributed by atoms with Crippen molar-refractivity contribution in [1.29, 1.82) is 0 Å². The molecule has 0 radical (unpaired) electrons. The molecule has 3 atom stereocenters. The zero-order valence-electron chi connectivity index (χ0n) is 13.0. The molecule has 1 aromatic heterocycles. The average molecular weight is 323 g/mol. The molecule has 4 heteroatoms. The molecule has 1 saturated carbocycles. The zero-order valence-corrected chi connectivity index (χ0v) is 14.5. The summed E-state index contributed by atoms with van der Waals surface area (Å²) in [5, 5.41) is 0.618. The van der Waals surface area contributed by atoms with Crippen LogP contribution in [0.1, 0.15) is 55.4 Å². The van der Waals surface area contributed by atoms with Gasteiger partial charge in [-0.25, -0.2) is 4.98 Å². The molecule has 1 aliphatic rings. The molecule has 1 heterocycles. The molecule has 2 nitrogen and oxygen atoms in total. The van der Waals surface area contributed by atoms with Crippen LogP contribution >= 0.6 is 23.4 Å². The van der Waals surface area contributed by atoms with Gasteiger partial charge in [0.15, 0.2) is 0 Å². The van der Waals surface area contributed by atoms with Crippen molar-refractivity contribution in [2.24, 2.45) is 0 Å². The van der Waals surface area contributed by atoms with E-state index < -0.39 is 0 Å². The Morgan fingerprint density at radius 2 is 2.10 bits per heavy atom. The Hall–Kier alpha value is -0.670. The van der Waals surface area contributed by atoms with Crippen LogP contribution in [-0.4, -0.2) is 21.1 Å². The molecule has 1 aliphatic carbocycles. The summed E-state index contributed by atoms with van der Waals surface area (Å²) in [5.41, 5.74) is 3.62. The van der Waals surface area contributed by atoms with Gasteiger partial charge in [0.2, 0.25) is 0 Å². The number of rotatable bonds is 3. The Morgan fingerprint density at radius 3 is 2.81 bits per heavy atom. The summed E-state index contributed by atoms with van der Waals surface area (Å²) < 4.78 is 2.44. The number of nitrogens with zero attached hydrogens (tertiary/aromatic N) is 2. The summed E-state index contributed by atoms with van der Waals surface area (Å²) in [4.78, 5) is 4.82. The molecule has 0 N–H and O–H groups in total. The van der Waals surface area contributed by atoms with Gasteiger partial charge in [-0.1, -0.05) is 18.9 Å². The highest BCUT2D eigenvalue weighted by Gasteiger charge is 2.30. The van der Waals surface area contributed by atoms with Crippen LogP contribution in [0.5, 0.6) is 0 Å². The minimum Gasteiger partial charge on any atom is -0.322 e. The largest absolute Gasteiger partial charge is 0.322 e. The molecule has 3 rings (SSSR count). The lowest BCUT2D eigenvalue weighted by Gasteiger charge is -2.33.